The Kier molecular flexibility index (Phi) is 6.54. The van der Waals surface area contributed by atoms with Crippen LogP contribution in [0.15, 0.2) is 36.7 Å². The number of aromatic nitrogens is 3. The zero-order chi connectivity index (χ0) is 21.8. The van der Waals surface area contributed by atoms with Crippen LogP contribution in [0, 0.1) is 19.8 Å². The van der Waals surface area contributed by atoms with Gasteiger partial charge >= 0.3 is 0 Å². The molecule has 0 unspecified atom stereocenters. The Hall–Kier alpha value is -2.89. The van der Waals surface area contributed by atoms with Crippen molar-refractivity contribution in [3.05, 3.63) is 47.8 Å². The quantitative estimate of drug-likeness (QED) is 0.571. The molecule has 6 nitrogen and oxygen atoms in total. The van der Waals surface area contributed by atoms with Gasteiger partial charge < -0.3 is 10.2 Å². The summed E-state index contributed by atoms with van der Waals surface area (Å²) >= 11 is 0. The van der Waals surface area contributed by atoms with Gasteiger partial charge in [-0.1, -0.05) is 43.5 Å². The summed E-state index contributed by atoms with van der Waals surface area (Å²) in [4.78, 5) is 19.6. The number of nitrogens with one attached hydrogen (secondary N) is 1. The van der Waals surface area contributed by atoms with E-state index in [9.17, 15) is 4.79 Å². The van der Waals surface area contributed by atoms with Crippen LogP contribution >= 0.6 is 0 Å². The molecule has 3 heterocycles. The summed E-state index contributed by atoms with van der Waals surface area (Å²) in [6.07, 6.45) is 9.01. The predicted octanol–water partition coefficient (Wildman–Crippen LogP) is 4.54. The molecule has 1 aromatic carbocycles. The van der Waals surface area contributed by atoms with E-state index in [-0.39, 0.29) is 11.8 Å². The van der Waals surface area contributed by atoms with Crippen LogP contribution in [0.1, 0.15) is 50.2 Å². The first kappa shape index (κ1) is 21.3. The second-order valence-electron chi connectivity index (χ2n) is 8.71. The Balaban J connectivity index is 1.55. The third-order valence-electron chi connectivity index (χ3n) is 6.20. The summed E-state index contributed by atoms with van der Waals surface area (Å²) in [5, 5.41) is 7.94. The molecule has 1 aliphatic rings. The molecule has 0 aliphatic carbocycles. The van der Waals surface area contributed by atoms with Gasteiger partial charge in [0.25, 0.3) is 0 Å². The van der Waals surface area contributed by atoms with Gasteiger partial charge in [0.15, 0.2) is 5.82 Å². The number of amides is 1. The molecule has 0 radical (unpaired) electrons. The normalized spacial score (nSPS) is 16.6. The highest BCUT2D eigenvalue weighted by atomic mass is 16.1. The van der Waals surface area contributed by atoms with Gasteiger partial charge in [-0.3, -0.25) is 4.79 Å². The third-order valence-corrected chi connectivity index (χ3v) is 6.20. The highest BCUT2D eigenvalue weighted by molar-refractivity contribution is 5.81. The van der Waals surface area contributed by atoms with Crippen LogP contribution in [0.5, 0.6) is 0 Å². The summed E-state index contributed by atoms with van der Waals surface area (Å²) in [6, 6.07) is 8.57. The monoisotopic (exact) mass is 419 g/mol. The maximum atomic E-state index is 12.7. The number of benzene rings is 1. The Morgan fingerprint density at radius 1 is 1.23 bits per heavy atom. The van der Waals surface area contributed by atoms with Crippen molar-refractivity contribution in [3.8, 4) is 11.3 Å². The van der Waals surface area contributed by atoms with E-state index in [0.717, 1.165) is 67.8 Å². The largest absolute Gasteiger partial charge is 0.356 e. The first-order valence-corrected chi connectivity index (χ1v) is 11.5. The summed E-state index contributed by atoms with van der Waals surface area (Å²) in [5.74, 6) is 1.10. The van der Waals surface area contributed by atoms with Crippen molar-refractivity contribution < 1.29 is 4.79 Å². The van der Waals surface area contributed by atoms with E-state index in [1.165, 1.54) is 11.1 Å². The van der Waals surface area contributed by atoms with Gasteiger partial charge in [-0.25, -0.2) is 9.50 Å². The third kappa shape index (κ3) is 4.73. The van der Waals surface area contributed by atoms with Crippen LogP contribution in [0.3, 0.4) is 0 Å². The molecule has 31 heavy (non-hydrogen) atoms. The molecular weight excluding hydrogens is 386 g/mol. The molecule has 0 bridgehead atoms. The summed E-state index contributed by atoms with van der Waals surface area (Å²) in [7, 11) is 0. The van der Waals surface area contributed by atoms with E-state index in [0.29, 0.717) is 6.54 Å². The van der Waals surface area contributed by atoms with Crippen LogP contribution in [0.4, 0.5) is 5.82 Å². The Morgan fingerprint density at radius 3 is 2.90 bits per heavy atom. The first-order valence-electron chi connectivity index (χ1n) is 11.5. The highest BCUT2D eigenvalue weighted by Gasteiger charge is 2.27. The van der Waals surface area contributed by atoms with E-state index in [1.807, 2.05) is 10.7 Å². The van der Waals surface area contributed by atoms with Crippen LogP contribution in [0.25, 0.3) is 16.8 Å². The molecule has 1 aliphatic heterocycles. The Labute approximate surface area is 184 Å². The standard InChI is InChI=1S/C25H33N5O/c1-4-5-6-11-27-25(31)20-8-7-13-29(17-20)24-23-16-22(28-30(23)14-12-26-24)21-10-9-18(2)15-19(21)3/h9-10,12,14-16,20H,4-8,11,13,17H2,1-3H3,(H,27,31)/t20-/m0/s1. The maximum absolute atomic E-state index is 12.7. The minimum Gasteiger partial charge on any atom is -0.356 e. The topological polar surface area (TPSA) is 62.5 Å². The number of anilines is 1. The zero-order valence-corrected chi connectivity index (χ0v) is 18.9. The molecule has 1 atom stereocenters. The maximum Gasteiger partial charge on any atom is 0.224 e. The van der Waals surface area contributed by atoms with Crippen molar-refractivity contribution in [2.75, 3.05) is 24.5 Å². The van der Waals surface area contributed by atoms with Gasteiger partial charge in [0.1, 0.15) is 5.52 Å². The number of carbonyl (C=O) groups is 1. The lowest BCUT2D eigenvalue weighted by molar-refractivity contribution is -0.125. The number of aryl methyl sites for hydroxylation is 2. The lowest BCUT2D eigenvalue weighted by atomic mass is 9.97. The summed E-state index contributed by atoms with van der Waals surface area (Å²) < 4.78 is 1.91. The number of fused-ring (bicyclic) bond motifs is 1. The lowest BCUT2D eigenvalue weighted by Gasteiger charge is -2.33. The van der Waals surface area contributed by atoms with Crippen LogP contribution in [-0.2, 0) is 4.79 Å². The van der Waals surface area contributed by atoms with E-state index < -0.39 is 0 Å². The Morgan fingerprint density at radius 2 is 2.10 bits per heavy atom. The van der Waals surface area contributed by atoms with E-state index in [1.54, 1.807) is 6.20 Å². The van der Waals surface area contributed by atoms with Crippen LogP contribution < -0.4 is 10.2 Å². The van der Waals surface area contributed by atoms with Crippen molar-refractivity contribution >= 4 is 17.2 Å². The molecule has 1 N–H and O–H groups in total. The Bertz CT molecular complexity index is 1060. The molecule has 164 valence electrons. The molecule has 0 spiro atoms. The number of nitrogens with zero attached hydrogens (tertiary/aromatic N) is 4. The number of rotatable bonds is 7. The van der Waals surface area contributed by atoms with Gasteiger partial charge in [-0.2, -0.15) is 5.10 Å². The highest BCUT2D eigenvalue weighted by Crippen LogP contribution is 2.29. The fraction of sp³-hybridized carbons (Fsp3) is 0.480. The van der Waals surface area contributed by atoms with Gasteiger partial charge in [0.2, 0.25) is 5.91 Å². The zero-order valence-electron chi connectivity index (χ0n) is 18.9. The summed E-state index contributed by atoms with van der Waals surface area (Å²) in [6.45, 7) is 8.80. The van der Waals surface area contributed by atoms with Crippen molar-refractivity contribution in [3.63, 3.8) is 0 Å². The SMILES string of the molecule is CCCCCNC(=O)[C@H]1CCCN(c2nccn3nc(-c4ccc(C)cc4C)cc23)C1. The second kappa shape index (κ2) is 9.50. The van der Waals surface area contributed by atoms with Crippen molar-refractivity contribution in [2.24, 2.45) is 5.92 Å². The number of unbranched alkanes of at least 4 members (excludes halogenated alkanes) is 2. The number of carbonyl (C=O) groups excluding carboxylic acids is 1. The van der Waals surface area contributed by atoms with E-state index in [4.69, 9.17) is 5.10 Å². The first-order chi connectivity index (χ1) is 15.1. The lowest BCUT2D eigenvalue weighted by Crippen LogP contribution is -2.43. The van der Waals surface area contributed by atoms with Gasteiger partial charge in [-0.05, 0) is 44.7 Å². The van der Waals surface area contributed by atoms with E-state index >= 15 is 0 Å². The van der Waals surface area contributed by atoms with Crippen molar-refractivity contribution in [1.29, 1.82) is 0 Å². The number of hydrogen-bond donors (Lipinski definition) is 1. The molecular formula is C25H33N5O. The fourth-order valence-corrected chi connectivity index (χ4v) is 4.50. The van der Waals surface area contributed by atoms with Gasteiger partial charge in [0.05, 0.1) is 11.6 Å². The molecule has 2 aromatic heterocycles. The number of hydrogen-bond acceptors (Lipinski definition) is 4. The van der Waals surface area contributed by atoms with Crippen molar-refractivity contribution in [1.82, 2.24) is 19.9 Å². The molecule has 6 heteroatoms. The molecule has 1 saturated heterocycles. The number of piperidine rings is 1. The molecule has 1 amide bonds. The average Bonchev–Trinajstić information content (AvgIpc) is 3.20. The minimum absolute atomic E-state index is 0.0131. The summed E-state index contributed by atoms with van der Waals surface area (Å²) in [5.41, 5.74) is 5.55. The van der Waals surface area contributed by atoms with Crippen LogP contribution in [0.2, 0.25) is 0 Å². The van der Waals surface area contributed by atoms with Gasteiger partial charge in [0, 0.05) is 37.6 Å². The van der Waals surface area contributed by atoms with E-state index in [2.05, 4.69) is 60.2 Å². The molecule has 0 saturated carbocycles. The van der Waals surface area contributed by atoms with Crippen LogP contribution in [-0.4, -0.2) is 40.1 Å². The molecule has 3 aromatic rings. The fourth-order valence-electron chi connectivity index (χ4n) is 4.50. The molecule has 1 fully saturated rings. The predicted molar refractivity (Wildman–Crippen MR) is 125 cm³/mol. The molecule has 4 rings (SSSR count). The van der Waals surface area contributed by atoms with Gasteiger partial charge in [-0.15, -0.1) is 0 Å². The average molecular weight is 420 g/mol. The van der Waals surface area contributed by atoms with Crippen molar-refractivity contribution in [2.45, 2.75) is 52.9 Å². The minimum atomic E-state index is 0.0131. The second-order valence-corrected chi connectivity index (χ2v) is 8.71. The smallest absolute Gasteiger partial charge is 0.224 e.